The Morgan fingerprint density at radius 3 is 3.07 bits per heavy atom. The van der Waals surface area contributed by atoms with Crippen molar-refractivity contribution in [2.45, 2.75) is 18.9 Å². The van der Waals surface area contributed by atoms with Gasteiger partial charge in [-0.25, -0.2) is 19.0 Å². The van der Waals surface area contributed by atoms with Crippen LogP contribution in [-0.4, -0.2) is 44.3 Å². The van der Waals surface area contributed by atoms with E-state index in [1.54, 1.807) is 21.7 Å². The van der Waals surface area contributed by atoms with E-state index >= 15 is 0 Å². The summed E-state index contributed by atoms with van der Waals surface area (Å²) in [4.78, 5) is 10.1. The number of nitriles is 1. The van der Waals surface area contributed by atoms with Gasteiger partial charge in [-0.1, -0.05) is 12.0 Å². The van der Waals surface area contributed by atoms with Gasteiger partial charge in [0.25, 0.3) is 0 Å². The maximum atomic E-state index is 13.2. The lowest BCUT2D eigenvalue weighted by atomic mass is 10.1. The lowest BCUT2D eigenvalue weighted by molar-refractivity contribution is 0.236. The SMILES string of the molecule is N#CN1CCC[C@@H](n2nc(C#CCOc3cccc(F)c3)c3c(N)ncnc32)C1. The summed E-state index contributed by atoms with van der Waals surface area (Å²) >= 11 is 0. The number of anilines is 1. The van der Waals surface area contributed by atoms with Gasteiger partial charge in [0.1, 0.15) is 36.0 Å². The Morgan fingerprint density at radius 1 is 1.34 bits per heavy atom. The molecule has 0 radical (unpaired) electrons. The number of hydrogen-bond acceptors (Lipinski definition) is 7. The number of rotatable bonds is 3. The predicted octanol–water partition coefficient (Wildman–Crippen LogP) is 2.10. The number of ether oxygens (including phenoxy) is 1. The van der Waals surface area contributed by atoms with E-state index in [4.69, 9.17) is 10.5 Å². The molecule has 1 aliphatic heterocycles. The van der Waals surface area contributed by atoms with Crippen LogP contribution in [0.3, 0.4) is 0 Å². The van der Waals surface area contributed by atoms with Crippen molar-refractivity contribution in [3.8, 4) is 23.8 Å². The third-order valence-corrected chi connectivity index (χ3v) is 4.72. The van der Waals surface area contributed by atoms with Crippen molar-refractivity contribution in [2.75, 3.05) is 25.4 Å². The predicted molar refractivity (Wildman–Crippen MR) is 104 cm³/mol. The number of nitrogens with zero attached hydrogens (tertiary/aromatic N) is 6. The average molecular weight is 391 g/mol. The second-order valence-electron chi connectivity index (χ2n) is 6.64. The van der Waals surface area contributed by atoms with Crippen LogP contribution >= 0.6 is 0 Å². The second kappa shape index (κ2) is 8.03. The summed E-state index contributed by atoms with van der Waals surface area (Å²) in [6.07, 6.45) is 5.36. The molecule has 8 nitrogen and oxygen atoms in total. The molecule has 0 unspecified atom stereocenters. The number of halogens is 1. The quantitative estimate of drug-likeness (QED) is 0.538. The molecule has 1 fully saturated rings. The molecule has 29 heavy (non-hydrogen) atoms. The number of hydrogen-bond donors (Lipinski definition) is 1. The number of aromatic nitrogens is 4. The number of nitrogens with two attached hydrogens (primary N) is 1. The fourth-order valence-electron chi connectivity index (χ4n) is 3.38. The number of fused-ring (bicyclic) bond motifs is 1. The highest BCUT2D eigenvalue weighted by Gasteiger charge is 2.25. The van der Waals surface area contributed by atoms with Gasteiger partial charge in [0, 0.05) is 12.6 Å². The van der Waals surface area contributed by atoms with Crippen LogP contribution in [0.5, 0.6) is 5.75 Å². The minimum atomic E-state index is -0.371. The van der Waals surface area contributed by atoms with Crippen molar-refractivity contribution in [1.29, 1.82) is 5.26 Å². The molecule has 0 spiro atoms. The molecule has 3 heterocycles. The Hall–Kier alpha value is -3.85. The summed E-state index contributed by atoms with van der Waals surface area (Å²) in [6.45, 7) is 1.37. The first-order valence-corrected chi connectivity index (χ1v) is 9.16. The molecule has 1 aliphatic rings. The molecule has 0 saturated carbocycles. The van der Waals surface area contributed by atoms with Gasteiger partial charge in [-0.05, 0) is 30.9 Å². The first-order valence-electron chi connectivity index (χ1n) is 9.16. The fraction of sp³-hybridized carbons (Fsp3) is 0.300. The number of piperidine rings is 1. The third-order valence-electron chi connectivity index (χ3n) is 4.72. The first kappa shape index (κ1) is 18.5. The monoisotopic (exact) mass is 391 g/mol. The van der Waals surface area contributed by atoms with E-state index in [1.165, 1.54) is 18.5 Å². The molecule has 4 rings (SSSR count). The van der Waals surface area contributed by atoms with E-state index in [1.807, 2.05) is 0 Å². The molecule has 0 aliphatic carbocycles. The number of nitrogen functional groups attached to an aromatic ring is 1. The zero-order valence-electron chi connectivity index (χ0n) is 15.5. The highest BCUT2D eigenvalue weighted by molar-refractivity contribution is 5.90. The standard InChI is InChI=1S/C20H18FN7O/c21-14-4-1-6-16(10-14)29-9-3-7-17-18-19(23)24-13-25-20(18)28(26-17)15-5-2-8-27(11-15)12-22/h1,4,6,10,13,15H,2,5,8-9,11H2,(H2,23,24,25)/t15-/m1/s1. The molecule has 9 heteroatoms. The molecule has 146 valence electrons. The van der Waals surface area contributed by atoms with Gasteiger partial charge in [-0.15, -0.1) is 0 Å². The van der Waals surface area contributed by atoms with Gasteiger partial charge < -0.3 is 15.4 Å². The zero-order valence-corrected chi connectivity index (χ0v) is 15.5. The van der Waals surface area contributed by atoms with Crippen molar-refractivity contribution in [1.82, 2.24) is 24.6 Å². The zero-order chi connectivity index (χ0) is 20.2. The van der Waals surface area contributed by atoms with Crippen molar-refractivity contribution >= 4 is 16.9 Å². The smallest absolute Gasteiger partial charge is 0.179 e. The van der Waals surface area contributed by atoms with E-state index < -0.39 is 0 Å². The second-order valence-corrected chi connectivity index (χ2v) is 6.64. The fourth-order valence-corrected chi connectivity index (χ4v) is 3.38. The van der Waals surface area contributed by atoms with Gasteiger partial charge in [0.05, 0.1) is 18.0 Å². The van der Waals surface area contributed by atoms with Crippen LogP contribution in [0, 0.1) is 29.1 Å². The molecule has 1 aromatic carbocycles. The van der Waals surface area contributed by atoms with Crippen molar-refractivity contribution in [3.05, 3.63) is 42.1 Å². The Labute approximate surface area is 166 Å². The first-order chi connectivity index (χ1) is 14.2. The molecule has 3 aromatic rings. The van der Waals surface area contributed by atoms with Crippen LogP contribution in [-0.2, 0) is 0 Å². The summed E-state index contributed by atoms with van der Waals surface area (Å²) in [6, 6.07) is 5.87. The normalized spacial score (nSPS) is 16.1. The van der Waals surface area contributed by atoms with Crippen LogP contribution in [0.2, 0.25) is 0 Å². The maximum Gasteiger partial charge on any atom is 0.179 e. The summed E-state index contributed by atoms with van der Waals surface area (Å²) < 4.78 is 20.4. The topological polar surface area (TPSA) is 106 Å². The Bertz CT molecular complexity index is 1140. The Balaban J connectivity index is 1.61. The molecule has 0 amide bonds. The van der Waals surface area contributed by atoms with Crippen LogP contribution in [0.4, 0.5) is 10.2 Å². The van der Waals surface area contributed by atoms with Gasteiger partial charge in [-0.2, -0.15) is 10.4 Å². The van der Waals surface area contributed by atoms with Crippen LogP contribution in [0.15, 0.2) is 30.6 Å². The number of likely N-dealkylation sites (tertiary alicyclic amines) is 1. The molecule has 2 N–H and O–H groups in total. The summed E-state index contributed by atoms with van der Waals surface area (Å²) in [5, 5.41) is 14.4. The van der Waals surface area contributed by atoms with Crippen LogP contribution < -0.4 is 10.5 Å². The van der Waals surface area contributed by atoms with E-state index in [2.05, 4.69) is 33.1 Å². The summed E-state index contributed by atoms with van der Waals surface area (Å²) in [7, 11) is 0. The molecule has 2 aromatic heterocycles. The van der Waals surface area contributed by atoms with Crippen LogP contribution in [0.1, 0.15) is 24.6 Å². The molecular formula is C20H18FN7O. The van der Waals surface area contributed by atoms with E-state index in [-0.39, 0.29) is 18.5 Å². The van der Waals surface area contributed by atoms with E-state index in [9.17, 15) is 9.65 Å². The van der Waals surface area contributed by atoms with Gasteiger partial charge in [0.15, 0.2) is 11.8 Å². The third kappa shape index (κ3) is 3.90. The van der Waals surface area contributed by atoms with Gasteiger partial charge >= 0.3 is 0 Å². The minimum Gasteiger partial charge on any atom is -0.481 e. The van der Waals surface area contributed by atoms with E-state index in [0.717, 1.165) is 19.4 Å². The summed E-state index contributed by atoms with van der Waals surface area (Å²) in [5.74, 6) is 6.16. The highest BCUT2D eigenvalue weighted by atomic mass is 19.1. The Morgan fingerprint density at radius 2 is 2.24 bits per heavy atom. The maximum absolute atomic E-state index is 13.2. The van der Waals surface area contributed by atoms with Crippen molar-refractivity contribution in [3.63, 3.8) is 0 Å². The lowest BCUT2D eigenvalue weighted by Crippen LogP contribution is -2.33. The summed E-state index contributed by atoms with van der Waals surface area (Å²) in [5.41, 5.74) is 7.11. The molecule has 1 atom stereocenters. The van der Waals surface area contributed by atoms with Crippen molar-refractivity contribution < 1.29 is 9.13 Å². The van der Waals surface area contributed by atoms with Gasteiger partial charge in [0.2, 0.25) is 0 Å². The van der Waals surface area contributed by atoms with Crippen molar-refractivity contribution in [2.24, 2.45) is 0 Å². The molecule has 1 saturated heterocycles. The Kier molecular flexibility index (Phi) is 5.12. The lowest BCUT2D eigenvalue weighted by Gasteiger charge is -2.28. The number of benzene rings is 1. The average Bonchev–Trinajstić information content (AvgIpc) is 3.11. The van der Waals surface area contributed by atoms with Crippen LogP contribution in [0.25, 0.3) is 11.0 Å². The molecular weight excluding hydrogens is 373 g/mol. The van der Waals surface area contributed by atoms with Gasteiger partial charge in [-0.3, -0.25) is 0 Å². The highest BCUT2D eigenvalue weighted by Crippen LogP contribution is 2.27. The van der Waals surface area contributed by atoms with E-state index in [0.29, 0.717) is 34.8 Å². The minimum absolute atomic E-state index is 0.000654. The largest absolute Gasteiger partial charge is 0.481 e. The molecule has 0 bridgehead atoms.